The van der Waals surface area contributed by atoms with Crippen molar-refractivity contribution >= 4 is 70.9 Å². The molecule has 0 aromatic heterocycles. The first kappa shape index (κ1) is 85.4. The van der Waals surface area contributed by atoms with E-state index in [0.29, 0.717) is 38.5 Å². The van der Waals surface area contributed by atoms with Crippen molar-refractivity contribution in [1.82, 2.24) is 60.0 Å². The first-order valence-electron chi connectivity index (χ1n) is 38.3. The van der Waals surface area contributed by atoms with Gasteiger partial charge in [0, 0.05) is 82.0 Å². The fourth-order valence-electron chi connectivity index (χ4n) is 17.4. The molecular weight excluding hydrogens is 1420 g/mol. The molecule has 4 aliphatic heterocycles. The zero-order valence-electron chi connectivity index (χ0n) is 63.7. The number of nitrogens with zero attached hydrogens (tertiary/aromatic N) is 9. The third-order valence-corrected chi connectivity index (χ3v) is 24.4. The van der Waals surface area contributed by atoms with Gasteiger partial charge in [-0.15, -0.1) is 0 Å². The molecule has 3 N–H and O–H groups in total. The van der Waals surface area contributed by atoms with Crippen LogP contribution in [0.2, 0.25) is 0 Å². The Balaban J connectivity index is 1.20. The Morgan fingerprint density at radius 1 is 0.636 bits per heavy atom. The highest BCUT2D eigenvalue weighted by Gasteiger charge is 2.57. The van der Waals surface area contributed by atoms with E-state index in [2.05, 4.69) is 16.0 Å². The van der Waals surface area contributed by atoms with Gasteiger partial charge in [-0.25, -0.2) is 8.78 Å². The van der Waals surface area contributed by atoms with Gasteiger partial charge in [-0.05, 0) is 146 Å². The topological polar surface area (TPSA) is 279 Å². The Morgan fingerprint density at radius 2 is 1.28 bits per heavy atom. The lowest BCUT2D eigenvalue weighted by Gasteiger charge is -2.46. The van der Waals surface area contributed by atoms with E-state index in [1.807, 2.05) is 0 Å². The molecule has 0 aromatic carbocycles. The molecule has 12 amide bonds. The summed E-state index contributed by atoms with van der Waals surface area (Å²) in [5.41, 5.74) is -1.69. The predicted molar refractivity (Wildman–Crippen MR) is 374 cm³/mol. The number of likely N-dealkylation sites (N-methyl/N-ethyl adjacent to an activating group) is 6. The minimum atomic E-state index is -5.22. The van der Waals surface area contributed by atoms with Crippen LogP contribution in [0, 0.1) is 35.5 Å². The van der Waals surface area contributed by atoms with Gasteiger partial charge in [-0.3, -0.25) is 57.5 Å². The Bertz CT molecular complexity index is 3250. The molecule has 8 rings (SSSR count). The quantitative estimate of drug-likeness (QED) is 0.153. The van der Waals surface area contributed by atoms with Gasteiger partial charge in [0.25, 0.3) is 0 Å². The number of rotatable bonds is 12. The maximum Gasteiger partial charge on any atom is 0.397 e. The average molecular weight is 1530 g/mol. The third-order valence-electron chi connectivity index (χ3n) is 24.4. The van der Waals surface area contributed by atoms with Crippen molar-refractivity contribution < 1.29 is 97.4 Å². The first-order valence-corrected chi connectivity index (χ1v) is 38.3. The summed E-state index contributed by atoms with van der Waals surface area (Å²) in [6.07, 6.45) is -13.0. The standard InChI is InChI=1S/C74H112F8N12O13/c1-12-42(4)60-69(104)93-34-30-53(93)67(102)89(9)52-23-16-15-19-33-92(68(52)103)56(37-43-24-27-46(28-25-43)73(77,78)79)66(101)87(7)41-57(95)83-50(29-26-44-35-48(75)59(49(76)36-44)74(80,81)82)64(99)94-40-47(107-14-3)38-54(94)63(98)85-72(31-20-32-72)71(106)91(11)61(45-21-17-18-22-45)70(105)90(10)55(65(100)86(5)6)39-58(96)88(8)51(13-2)62(97)84-60/h15-16,42-56,59-61H,12-14,17-41H2,1-11H3,(H,83,95)(H,84,97)(H,85,98)/b16-15-/t42-,43?,44?,46?,47+,48?,49?,50-,51-,52-,53+,54-,55-,56-,59?,60-,61-/m0/s1. The minimum Gasteiger partial charge on any atom is -0.377 e. The van der Waals surface area contributed by atoms with Crippen molar-refractivity contribution in [3.63, 3.8) is 0 Å². The van der Waals surface area contributed by atoms with Crippen LogP contribution in [-0.2, 0) is 62.3 Å². The van der Waals surface area contributed by atoms with E-state index >= 15 is 37.5 Å². The van der Waals surface area contributed by atoms with Gasteiger partial charge in [0.15, 0.2) is 0 Å². The fourth-order valence-corrected chi connectivity index (χ4v) is 17.4. The molecule has 4 aliphatic carbocycles. The number of alkyl halides is 8. The van der Waals surface area contributed by atoms with Gasteiger partial charge < -0.3 is 64.8 Å². The van der Waals surface area contributed by atoms with Gasteiger partial charge in [-0.2, -0.15) is 26.3 Å². The Morgan fingerprint density at radius 3 is 1.83 bits per heavy atom. The van der Waals surface area contributed by atoms with Crippen molar-refractivity contribution in [1.29, 1.82) is 0 Å². The lowest BCUT2D eigenvalue weighted by atomic mass is 9.74. The van der Waals surface area contributed by atoms with Crippen LogP contribution in [0.5, 0.6) is 0 Å². The van der Waals surface area contributed by atoms with Gasteiger partial charge in [0.2, 0.25) is 70.9 Å². The van der Waals surface area contributed by atoms with E-state index in [1.165, 1.54) is 73.8 Å². The second-order valence-electron chi connectivity index (χ2n) is 31.5. The monoisotopic (exact) mass is 1530 g/mol. The van der Waals surface area contributed by atoms with E-state index in [0.717, 1.165) is 19.6 Å². The SMILES string of the molecule is CCO[C@@H]1C[C@H]2C(=O)NC3(CCC3)C(=O)N(C)[C@@H](C3CCCC3)C(=O)N(C)[C@H](C(=O)N(C)C)CC(=O)N(C)[C@@H](CC)C(=O)N[C@@H]([C@@H](C)CC)C(=O)N3CC[C@@H]3C(=O)N(C)[C@H]3C/C=C\CCN(C3=O)[C@@H](CC3CCC(C(F)(F)F)CC3)C(=O)N(C)CC(=O)N[C@@H](CCC3CC(F)C(C(F)(F)F)C(F)C3)C(=O)N2C1. The minimum absolute atomic E-state index is 0.000778. The Labute approximate surface area is 622 Å². The molecule has 1 spiro atoms. The van der Waals surface area contributed by atoms with Crippen molar-refractivity contribution in [2.75, 3.05) is 82.1 Å². The largest absolute Gasteiger partial charge is 0.397 e. The van der Waals surface area contributed by atoms with E-state index < -0.39 is 229 Å². The molecule has 2 bridgehead atoms. The Hall–Kier alpha value is -7.22. The van der Waals surface area contributed by atoms with E-state index in [1.54, 1.807) is 39.8 Å². The molecule has 7 fully saturated rings. The molecule has 3 saturated heterocycles. The summed E-state index contributed by atoms with van der Waals surface area (Å²) in [5.74, 6) is -16.5. The second kappa shape index (κ2) is 36.1. The molecule has 33 heteroatoms. The number of fused-ring (bicyclic) bond motifs is 4. The summed E-state index contributed by atoms with van der Waals surface area (Å²) in [6.45, 7) is 5.65. The lowest BCUT2D eigenvalue weighted by Crippen LogP contribution is -2.68. The van der Waals surface area contributed by atoms with Gasteiger partial charge in [-0.1, -0.05) is 52.2 Å². The maximum atomic E-state index is 15.5. The molecule has 0 radical (unpaired) electrons. The van der Waals surface area contributed by atoms with Crippen LogP contribution in [-0.4, -0.2) is 288 Å². The average Bonchev–Trinajstić information content (AvgIpc) is 1.73. The van der Waals surface area contributed by atoms with Crippen LogP contribution in [0.4, 0.5) is 35.1 Å². The number of carbonyl (C=O) groups excluding carboxylic acids is 12. The van der Waals surface area contributed by atoms with Gasteiger partial charge >= 0.3 is 12.4 Å². The number of halogens is 8. The smallest absolute Gasteiger partial charge is 0.377 e. The van der Waals surface area contributed by atoms with Crippen LogP contribution in [0.1, 0.15) is 175 Å². The highest BCUT2D eigenvalue weighted by Crippen LogP contribution is 2.46. The number of hydrogen-bond acceptors (Lipinski definition) is 13. The molecule has 0 aromatic rings. The van der Waals surface area contributed by atoms with Crippen LogP contribution in [0.3, 0.4) is 0 Å². The van der Waals surface area contributed by atoms with Crippen LogP contribution < -0.4 is 16.0 Å². The zero-order valence-corrected chi connectivity index (χ0v) is 63.7. The summed E-state index contributed by atoms with van der Waals surface area (Å²) in [6, 6.07) is -12.4. The summed E-state index contributed by atoms with van der Waals surface area (Å²) in [5, 5.41) is 8.41. The van der Waals surface area contributed by atoms with E-state index in [4.69, 9.17) is 4.74 Å². The van der Waals surface area contributed by atoms with Crippen molar-refractivity contribution in [2.24, 2.45) is 35.5 Å². The van der Waals surface area contributed by atoms with E-state index in [9.17, 15) is 55.1 Å². The lowest BCUT2D eigenvalue weighted by molar-refractivity contribution is -0.219. The number of hydrogen-bond donors (Lipinski definition) is 3. The summed E-state index contributed by atoms with van der Waals surface area (Å²) >= 11 is 0. The predicted octanol–water partition coefficient (Wildman–Crippen LogP) is 5.86. The molecule has 4 heterocycles. The first-order chi connectivity index (χ1) is 50.3. The van der Waals surface area contributed by atoms with Gasteiger partial charge in [0.1, 0.15) is 78.2 Å². The Kier molecular flexibility index (Phi) is 28.8. The molecule has 8 aliphatic rings. The number of amides is 12. The maximum absolute atomic E-state index is 15.5. The molecule has 602 valence electrons. The molecule has 107 heavy (non-hydrogen) atoms. The van der Waals surface area contributed by atoms with Crippen molar-refractivity contribution in [3.8, 4) is 0 Å². The second-order valence-corrected chi connectivity index (χ2v) is 31.5. The van der Waals surface area contributed by atoms with Crippen molar-refractivity contribution in [3.05, 3.63) is 12.2 Å². The van der Waals surface area contributed by atoms with E-state index in [-0.39, 0.29) is 110 Å². The number of ether oxygens (including phenoxy) is 1. The van der Waals surface area contributed by atoms with Crippen LogP contribution >= 0.6 is 0 Å². The summed E-state index contributed by atoms with van der Waals surface area (Å²) in [4.78, 5) is 191. The zero-order chi connectivity index (χ0) is 79.1. The van der Waals surface area contributed by atoms with Crippen molar-refractivity contribution in [2.45, 2.75) is 266 Å². The number of nitrogens with one attached hydrogen (secondary N) is 3. The normalized spacial score (nSPS) is 33.2. The van der Waals surface area contributed by atoms with Crippen LogP contribution in [0.15, 0.2) is 12.2 Å². The van der Waals surface area contributed by atoms with Crippen LogP contribution in [0.25, 0.3) is 0 Å². The molecule has 4 saturated carbocycles. The third kappa shape index (κ3) is 19.5. The van der Waals surface area contributed by atoms with Gasteiger partial charge in [0.05, 0.1) is 25.0 Å². The fraction of sp³-hybridized carbons (Fsp3) is 0.811. The summed E-state index contributed by atoms with van der Waals surface area (Å²) in [7, 11) is 9.57. The molecule has 25 nitrogen and oxygen atoms in total. The highest BCUT2D eigenvalue weighted by atomic mass is 19.4. The summed E-state index contributed by atoms with van der Waals surface area (Å²) < 4.78 is 121. The highest BCUT2D eigenvalue weighted by molar-refractivity contribution is 6.01. The number of carbonyl (C=O) groups is 12. The molecule has 13 atom stereocenters. The molecule has 2 unspecified atom stereocenters. The molecular formula is C74H112F8N12O13.